The molecule has 0 saturated carbocycles. The van der Waals surface area contributed by atoms with Crippen molar-refractivity contribution in [2.24, 2.45) is 0 Å². The van der Waals surface area contributed by atoms with Gasteiger partial charge in [0, 0.05) is 20.1 Å². The molecule has 138 valence electrons. The molecule has 1 aromatic carbocycles. The molecule has 0 radical (unpaired) electrons. The number of halogens is 5. The molecule has 2 atom stereocenters. The zero-order valence-electron chi connectivity index (χ0n) is 13.9. The highest BCUT2D eigenvalue weighted by molar-refractivity contribution is 14.1. The first-order chi connectivity index (χ1) is 11.7. The Hall–Kier alpha value is -0.610. The van der Waals surface area contributed by atoms with Gasteiger partial charge in [-0.15, -0.1) is 11.3 Å². The number of likely N-dealkylation sites (tertiary alicyclic amines) is 1. The van der Waals surface area contributed by atoms with E-state index in [-0.39, 0.29) is 6.04 Å². The Bertz CT molecular complexity index is 761. The number of nitrogens with zero attached hydrogens (tertiary/aromatic N) is 2. The quantitative estimate of drug-likeness (QED) is 0.441. The fraction of sp³-hybridized carbons (Fsp3) is 0.529. The second kappa shape index (κ2) is 7.19. The molecule has 1 saturated heterocycles. The van der Waals surface area contributed by atoms with E-state index in [0.29, 0.717) is 26.8 Å². The van der Waals surface area contributed by atoms with Gasteiger partial charge in [-0.25, -0.2) is 4.39 Å². The third kappa shape index (κ3) is 4.05. The van der Waals surface area contributed by atoms with E-state index in [1.807, 2.05) is 52.6 Å². The van der Waals surface area contributed by atoms with Gasteiger partial charge in [0.2, 0.25) is 0 Å². The second-order valence-corrected chi connectivity index (χ2v) is 9.38. The average Bonchev–Trinajstić information content (AvgIpc) is 2.81. The monoisotopic (exact) mass is 486 g/mol. The number of thiophene rings is 1. The molecule has 1 fully saturated rings. The van der Waals surface area contributed by atoms with E-state index < -0.39 is 18.8 Å². The second-order valence-electron chi connectivity index (χ2n) is 6.55. The molecule has 8 heteroatoms. The van der Waals surface area contributed by atoms with E-state index in [0.717, 1.165) is 16.9 Å². The van der Waals surface area contributed by atoms with Gasteiger partial charge in [0.05, 0.1) is 25.7 Å². The van der Waals surface area contributed by atoms with Crippen LogP contribution >= 0.6 is 33.9 Å². The SMILES string of the molecule is CN1CCC(N(C)c2cccc3c(CC(F)(F)F)c(I)sc23)C(F)C1. The first-order valence-electron chi connectivity index (χ1n) is 7.99. The minimum absolute atomic E-state index is 0.257. The van der Waals surface area contributed by atoms with E-state index >= 15 is 0 Å². The number of piperidine rings is 1. The van der Waals surface area contributed by atoms with Gasteiger partial charge in [0.15, 0.2) is 0 Å². The molecule has 2 nitrogen and oxygen atoms in total. The summed E-state index contributed by atoms with van der Waals surface area (Å²) in [6.07, 6.45) is -5.46. The van der Waals surface area contributed by atoms with Crippen molar-refractivity contribution >= 4 is 49.7 Å². The summed E-state index contributed by atoms with van der Waals surface area (Å²) in [5.41, 5.74) is 1.13. The molecule has 0 N–H and O–H groups in total. The maximum atomic E-state index is 14.5. The van der Waals surface area contributed by atoms with E-state index in [1.165, 1.54) is 11.3 Å². The highest BCUT2D eigenvalue weighted by Crippen LogP contribution is 2.41. The molecule has 25 heavy (non-hydrogen) atoms. The number of hydrogen-bond acceptors (Lipinski definition) is 3. The molecule has 2 aromatic rings. The van der Waals surface area contributed by atoms with E-state index in [9.17, 15) is 17.6 Å². The van der Waals surface area contributed by atoms with E-state index in [1.54, 1.807) is 12.1 Å². The molecule has 0 spiro atoms. The lowest BCUT2D eigenvalue weighted by Crippen LogP contribution is -2.50. The van der Waals surface area contributed by atoms with Crippen LogP contribution in [0.15, 0.2) is 18.2 Å². The normalized spacial score (nSPS) is 22.5. The molecule has 1 aliphatic rings. The molecule has 0 bridgehead atoms. The predicted molar refractivity (Wildman–Crippen MR) is 104 cm³/mol. The standard InChI is InChI=1S/C17H19F4IN2S/c1-23-7-6-13(12(18)9-23)24(2)14-5-3-4-10-11(8-17(19,20)21)16(22)25-15(10)14/h3-5,12-13H,6-9H2,1-2H3. The minimum Gasteiger partial charge on any atom is -0.367 e. The first kappa shape index (κ1) is 19.2. The van der Waals surface area contributed by atoms with Crippen molar-refractivity contribution in [2.75, 3.05) is 32.1 Å². The number of rotatable bonds is 3. The Morgan fingerprint density at radius 1 is 1.36 bits per heavy atom. The molecular weight excluding hydrogens is 467 g/mol. The van der Waals surface area contributed by atoms with Crippen molar-refractivity contribution < 1.29 is 17.6 Å². The third-order valence-corrected chi connectivity index (χ3v) is 7.08. The largest absolute Gasteiger partial charge is 0.393 e. The van der Waals surface area contributed by atoms with Crippen molar-refractivity contribution in [3.05, 3.63) is 26.6 Å². The van der Waals surface area contributed by atoms with Crippen molar-refractivity contribution in [1.82, 2.24) is 4.90 Å². The molecule has 3 rings (SSSR count). The molecule has 0 aliphatic carbocycles. The Morgan fingerprint density at radius 3 is 2.72 bits per heavy atom. The number of anilines is 1. The molecule has 2 unspecified atom stereocenters. The average molecular weight is 486 g/mol. The Morgan fingerprint density at radius 2 is 2.08 bits per heavy atom. The smallest absolute Gasteiger partial charge is 0.367 e. The van der Waals surface area contributed by atoms with Crippen LogP contribution in [0.5, 0.6) is 0 Å². The highest BCUT2D eigenvalue weighted by atomic mass is 127. The van der Waals surface area contributed by atoms with E-state index in [4.69, 9.17) is 0 Å². The summed E-state index contributed by atoms with van der Waals surface area (Å²) >= 11 is 3.33. The van der Waals surface area contributed by atoms with Gasteiger partial charge >= 0.3 is 6.18 Å². The lowest BCUT2D eigenvalue weighted by atomic mass is 10.0. The lowest BCUT2D eigenvalue weighted by Gasteiger charge is -2.39. The third-order valence-electron chi connectivity index (χ3n) is 4.71. The zero-order valence-corrected chi connectivity index (χ0v) is 16.9. The van der Waals surface area contributed by atoms with Crippen LogP contribution in [0, 0.1) is 2.88 Å². The van der Waals surface area contributed by atoms with Gasteiger partial charge in [-0.2, -0.15) is 13.2 Å². The van der Waals surface area contributed by atoms with Crippen molar-refractivity contribution in [2.45, 2.75) is 31.2 Å². The lowest BCUT2D eigenvalue weighted by molar-refractivity contribution is -0.127. The highest BCUT2D eigenvalue weighted by Gasteiger charge is 2.33. The fourth-order valence-electron chi connectivity index (χ4n) is 3.43. The summed E-state index contributed by atoms with van der Waals surface area (Å²) in [5.74, 6) is 0. The maximum absolute atomic E-state index is 14.5. The van der Waals surface area contributed by atoms with Crippen LogP contribution in [-0.4, -0.2) is 50.5 Å². The van der Waals surface area contributed by atoms with Crippen LogP contribution in [-0.2, 0) is 6.42 Å². The van der Waals surface area contributed by atoms with Crippen LogP contribution in [0.2, 0.25) is 0 Å². The summed E-state index contributed by atoms with van der Waals surface area (Å²) < 4.78 is 54.7. The summed E-state index contributed by atoms with van der Waals surface area (Å²) in [4.78, 5) is 3.87. The van der Waals surface area contributed by atoms with Crippen LogP contribution < -0.4 is 4.90 Å². The van der Waals surface area contributed by atoms with Crippen molar-refractivity contribution in [3.63, 3.8) is 0 Å². The van der Waals surface area contributed by atoms with Gasteiger partial charge in [-0.05, 0) is 53.1 Å². The molecule has 2 heterocycles. The predicted octanol–water partition coefficient (Wildman–Crippen LogP) is 5.09. The Kier molecular flexibility index (Phi) is 5.51. The summed E-state index contributed by atoms with van der Waals surface area (Å²) in [5, 5.41) is 0.624. The maximum Gasteiger partial charge on any atom is 0.393 e. The van der Waals surface area contributed by atoms with Gasteiger partial charge < -0.3 is 9.80 Å². The number of hydrogen-bond donors (Lipinski definition) is 0. The van der Waals surface area contributed by atoms with Crippen LogP contribution in [0.3, 0.4) is 0 Å². The van der Waals surface area contributed by atoms with E-state index in [2.05, 4.69) is 0 Å². The number of fused-ring (bicyclic) bond motifs is 1. The summed E-state index contributed by atoms with van der Waals surface area (Å²) in [7, 11) is 3.74. The van der Waals surface area contributed by atoms with Crippen LogP contribution in [0.25, 0.3) is 10.1 Å². The topological polar surface area (TPSA) is 6.48 Å². The fourth-order valence-corrected chi connectivity index (χ4v) is 5.67. The van der Waals surface area contributed by atoms with Crippen molar-refractivity contribution in [3.8, 4) is 0 Å². The Balaban J connectivity index is 1.98. The summed E-state index contributed by atoms with van der Waals surface area (Å²) in [6.45, 7) is 1.19. The molecule has 0 amide bonds. The van der Waals surface area contributed by atoms with Gasteiger partial charge in [0.1, 0.15) is 6.17 Å². The van der Waals surface area contributed by atoms with Gasteiger partial charge in [0.25, 0.3) is 0 Å². The van der Waals surface area contributed by atoms with Gasteiger partial charge in [-0.1, -0.05) is 12.1 Å². The molecule has 1 aliphatic heterocycles. The zero-order chi connectivity index (χ0) is 18.4. The summed E-state index contributed by atoms with van der Waals surface area (Å²) in [6, 6.07) is 5.11. The minimum atomic E-state index is -4.24. The molecule has 1 aromatic heterocycles. The molecular formula is C17H19F4IN2S. The van der Waals surface area contributed by atoms with Crippen LogP contribution in [0.1, 0.15) is 12.0 Å². The first-order valence-corrected chi connectivity index (χ1v) is 9.89. The van der Waals surface area contributed by atoms with Crippen molar-refractivity contribution in [1.29, 1.82) is 0 Å². The van der Waals surface area contributed by atoms with Gasteiger partial charge in [-0.3, -0.25) is 0 Å². The van der Waals surface area contributed by atoms with Crippen LogP contribution in [0.4, 0.5) is 23.2 Å². The number of benzene rings is 1. The Labute approximate surface area is 161 Å². The number of alkyl halides is 4.